The lowest BCUT2D eigenvalue weighted by molar-refractivity contribution is -0.121. The summed E-state index contributed by atoms with van der Waals surface area (Å²) in [7, 11) is -3.79. The number of hydrogen-bond acceptors (Lipinski definition) is 5. The first kappa shape index (κ1) is 22.0. The first-order chi connectivity index (χ1) is 14.8. The fraction of sp³-hybridized carbons (Fsp3) is 0.190. The number of aromatic nitrogens is 3. The molecule has 0 aliphatic heterocycles. The number of imidazole rings is 1. The van der Waals surface area contributed by atoms with Crippen molar-refractivity contribution in [3.8, 4) is 0 Å². The normalized spacial score (nSPS) is 11.5. The van der Waals surface area contributed by atoms with Crippen molar-refractivity contribution in [2.75, 3.05) is 11.3 Å². The van der Waals surface area contributed by atoms with E-state index in [9.17, 15) is 18.0 Å². The number of aromatic amines is 1. The molecule has 0 saturated heterocycles. The number of H-pyrrole nitrogens is 1. The van der Waals surface area contributed by atoms with Crippen LogP contribution in [-0.2, 0) is 27.1 Å². The molecular formula is C21H23N5O4S. The average Bonchev–Trinajstić information content (AvgIpc) is 3.24. The van der Waals surface area contributed by atoms with E-state index >= 15 is 0 Å². The van der Waals surface area contributed by atoms with Crippen molar-refractivity contribution in [2.24, 2.45) is 0 Å². The van der Waals surface area contributed by atoms with E-state index in [-0.39, 0.29) is 30.4 Å². The van der Waals surface area contributed by atoms with Crippen molar-refractivity contribution < 1.29 is 13.2 Å². The molecule has 0 radical (unpaired) electrons. The van der Waals surface area contributed by atoms with Gasteiger partial charge in [-0.15, -0.1) is 0 Å². The zero-order valence-corrected chi connectivity index (χ0v) is 17.7. The number of rotatable bonds is 9. The minimum absolute atomic E-state index is 0.103. The molecule has 0 aliphatic carbocycles. The van der Waals surface area contributed by atoms with Crippen LogP contribution in [0.1, 0.15) is 17.0 Å². The Balaban J connectivity index is 1.65. The number of carbonyl (C=O) groups excluding carboxylic acids is 1. The fourth-order valence-corrected chi connectivity index (χ4v) is 4.05. The van der Waals surface area contributed by atoms with Crippen LogP contribution in [0.4, 0.5) is 5.69 Å². The number of benzene rings is 1. The smallest absolute Gasteiger partial charge is 0.275 e. The van der Waals surface area contributed by atoms with E-state index in [0.717, 1.165) is 5.69 Å². The quantitative estimate of drug-likeness (QED) is 0.466. The highest BCUT2D eigenvalue weighted by Crippen LogP contribution is 2.10. The molecular weight excluding hydrogens is 418 g/mol. The highest BCUT2D eigenvalue weighted by atomic mass is 32.2. The molecule has 31 heavy (non-hydrogen) atoms. The number of pyridine rings is 1. The lowest BCUT2D eigenvalue weighted by Gasteiger charge is -2.13. The minimum Gasteiger partial charge on any atom is -0.351 e. The highest BCUT2D eigenvalue weighted by molar-refractivity contribution is 7.91. The van der Waals surface area contributed by atoms with Crippen molar-refractivity contribution in [1.29, 1.82) is 0 Å². The van der Waals surface area contributed by atoms with Crippen molar-refractivity contribution in [2.45, 2.75) is 19.2 Å². The van der Waals surface area contributed by atoms with Crippen molar-refractivity contribution >= 4 is 27.7 Å². The first-order valence-corrected chi connectivity index (χ1v) is 11.2. The molecule has 0 atom stereocenters. The van der Waals surface area contributed by atoms with Gasteiger partial charge in [0.2, 0.25) is 15.9 Å². The number of sulfonamides is 1. The predicted molar refractivity (Wildman–Crippen MR) is 119 cm³/mol. The number of nitrogens with zero attached hydrogens (tertiary/aromatic N) is 2. The zero-order valence-electron chi connectivity index (χ0n) is 16.9. The fourth-order valence-electron chi connectivity index (χ4n) is 2.86. The zero-order chi connectivity index (χ0) is 22.3. The Kier molecular flexibility index (Phi) is 7.03. The molecule has 0 bridgehead atoms. The Bertz CT molecular complexity index is 1220. The van der Waals surface area contributed by atoms with E-state index in [1.807, 2.05) is 0 Å². The highest BCUT2D eigenvalue weighted by Gasteiger charge is 2.16. The van der Waals surface area contributed by atoms with Gasteiger partial charge in [0.1, 0.15) is 12.2 Å². The van der Waals surface area contributed by atoms with Crippen LogP contribution < -0.4 is 15.6 Å². The van der Waals surface area contributed by atoms with E-state index in [1.165, 1.54) is 10.6 Å². The van der Waals surface area contributed by atoms with Crippen molar-refractivity contribution in [3.05, 3.63) is 88.4 Å². The molecule has 0 fully saturated rings. The summed E-state index contributed by atoms with van der Waals surface area (Å²) in [5.41, 5.74) is 1.26. The number of nitrogens with one attached hydrogen (secondary N) is 3. The number of amides is 1. The summed E-state index contributed by atoms with van der Waals surface area (Å²) in [6.07, 6.45) is 6.71. The standard InChI is InChI=1S/C21H23N5O4S/c1-16-9-10-19(25-31(29,30)14-17-6-3-2-4-7-17)21(28)26(16)13-20(27)23-11-5-8-18-12-22-15-24-18/h2-10,12,15,25H,11,13-14H2,1H3,(H,22,24)(H,23,27)/b8-5+. The number of anilines is 1. The molecule has 0 unspecified atom stereocenters. The largest absolute Gasteiger partial charge is 0.351 e. The van der Waals surface area contributed by atoms with Crippen LogP contribution in [-0.4, -0.2) is 35.4 Å². The Hall–Kier alpha value is -3.66. The maximum absolute atomic E-state index is 12.8. The summed E-state index contributed by atoms with van der Waals surface area (Å²) in [5.74, 6) is -0.631. The van der Waals surface area contributed by atoms with Gasteiger partial charge in [0.25, 0.3) is 5.56 Å². The van der Waals surface area contributed by atoms with E-state index in [0.29, 0.717) is 11.3 Å². The van der Waals surface area contributed by atoms with E-state index in [4.69, 9.17) is 0 Å². The second kappa shape index (κ2) is 9.90. The molecule has 2 heterocycles. The van der Waals surface area contributed by atoms with Gasteiger partial charge in [0, 0.05) is 12.2 Å². The van der Waals surface area contributed by atoms with Crippen LogP contribution in [0, 0.1) is 6.92 Å². The van der Waals surface area contributed by atoms with Gasteiger partial charge in [0.05, 0.1) is 24.0 Å². The summed E-state index contributed by atoms with van der Waals surface area (Å²) >= 11 is 0. The third kappa shape index (κ3) is 6.41. The van der Waals surface area contributed by atoms with Crippen LogP contribution >= 0.6 is 0 Å². The molecule has 0 spiro atoms. The van der Waals surface area contributed by atoms with Gasteiger partial charge in [-0.3, -0.25) is 14.3 Å². The van der Waals surface area contributed by atoms with Gasteiger partial charge in [-0.2, -0.15) is 0 Å². The summed E-state index contributed by atoms with van der Waals surface area (Å²) in [5, 5.41) is 2.69. The lowest BCUT2D eigenvalue weighted by Crippen LogP contribution is -2.34. The SMILES string of the molecule is Cc1ccc(NS(=O)(=O)Cc2ccccc2)c(=O)n1CC(=O)NC/C=C/c1cnc[nH]1. The number of aryl methyl sites for hydroxylation is 1. The summed E-state index contributed by atoms with van der Waals surface area (Å²) < 4.78 is 28.5. The molecule has 162 valence electrons. The second-order valence-corrected chi connectivity index (χ2v) is 8.56. The first-order valence-electron chi connectivity index (χ1n) is 9.50. The Morgan fingerprint density at radius 2 is 1.97 bits per heavy atom. The molecule has 3 aromatic rings. The van der Waals surface area contributed by atoms with Crippen molar-refractivity contribution in [1.82, 2.24) is 19.9 Å². The van der Waals surface area contributed by atoms with Crippen LogP contribution in [0.2, 0.25) is 0 Å². The average molecular weight is 442 g/mol. The molecule has 10 heteroatoms. The monoisotopic (exact) mass is 441 g/mol. The van der Waals surface area contributed by atoms with Crippen LogP contribution in [0.5, 0.6) is 0 Å². The molecule has 0 aliphatic rings. The Labute approximate surface area is 179 Å². The maximum atomic E-state index is 12.8. The second-order valence-electron chi connectivity index (χ2n) is 6.84. The third-order valence-corrected chi connectivity index (χ3v) is 5.64. The van der Waals surface area contributed by atoms with Crippen molar-refractivity contribution in [3.63, 3.8) is 0 Å². The van der Waals surface area contributed by atoms with Crippen LogP contribution in [0.3, 0.4) is 0 Å². The molecule has 1 amide bonds. The summed E-state index contributed by atoms with van der Waals surface area (Å²) in [6.45, 7) is 1.72. The van der Waals surface area contributed by atoms with Gasteiger partial charge in [-0.1, -0.05) is 36.4 Å². The summed E-state index contributed by atoms with van der Waals surface area (Å²) in [4.78, 5) is 31.8. The molecule has 9 nitrogen and oxygen atoms in total. The summed E-state index contributed by atoms with van der Waals surface area (Å²) in [6, 6.07) is 11.7. The van der Waals surface area contributed by atoms with E-state index in [1.54, 1.807) is 68.0 Å². The van der Waals surface area contributed by atoms with Gasteiger partial charge < -0.3 is 14.9 Å². The molecule has 3 rings (SSSR count). The minimum atomic E-state index is -3.79. The number of carbonyl (C=O) groups is 1. The molecule has 2 aromatic heterocycles. The van der Waals surface area contributed by atoms with Crippen LogP contribution in [0.25, 0.3) is 6.08 Å². The maximum Gasteiger partial charge on any atom is 0.275 e. The van der Waals surface area contributed by atoms with Gasteiger partial charge in [-0.25, -0.2) is 13.4 Å². The van der Waals surface area contributed by atoms with Gasteiger partial charge >= 0.3 is 0 Å². The third-order valence-electron chi connectivity index (χ3n) is 4.39. The molecule has 1 aromatic carbocycles. The van der Waals surface area contributed by atoms with Gasteiger partial charge in [-0.05, 0) is 30.7 Å². The Morgan fingerprint density at radius 1 is 1.19 bits per heavy atom. The van der Waals surface area contributed by atoms with E-state index < -0.39 is 15.6 Å². The predicted octanol–water partition coefficient (Wildman–Crippen LogP) is 1.65. The van der Waals surface area contributed by atoms with Crippen LogP contribution in [0.15, 0.2) is 65.9 Å². The molecule has 3 N–H and O–H groups in total. The Morgan fingerprint density at radius 3 is 2.68 bits per heavy atom. The topological polar surface area (TPSA) is 126 Å². The number of hydrogen-bond donors (Lipinski definition) is 3. The molecule has 0 saturated carbocycles. The lowest BCUT2D eigenvalue weighted by atomic mass is 10.2. The van der Waals surface area contributed by atoms with E-state index in [2.05, 4.69) is 20.0 Å². The van der Waals surface area contributed by atoms with Gasteiger partial charge in [0.15, 0.2) is 0 Å².